The SMILES string of the molecule is COc1ccc2[nH]c3c(c2c1)CCN(Cc1ccc(C(F)(F)F)cc1)C3C(=O)O. The summed E-state index contributed by atoms with van der Waals surface area (Å²) < 4.78 is 43.6. The first kappa shape index (κ1) is 19.3. The molecule has 29 heavy (non-hydrogen) atoms. The lowest BCUT2D eigenvalue weighted by Crippen LogP contribution is -2.39. The van der Waals surface area contributed by atoms with Gasteiger partial charge >= 0.3 is 12.1 Å². The zero-order chi connectivity index (χ0) is 20.8. The van der Waals surface area contributed by atoms with Crippen LogP contribution < -0.4 is 4.74 Å². The third-order valence-corrected chi connectivity index (χ3v) is 5.33. The van der Waals surface area contributed by atoms with E-state index in [0.29, 0.717) is 30.0 Å². The van der Waals surface area contributed by atoms with Gasteiger partial charge in [-0.1, -0.05) is 12.1 Å². The van der Waals surface area contributed by atoms with Crippen molar-refractivity contribution in [3.63, 3.8) is 0 Å². The molecular weight excluding hydrogens is 385 g/mol. The van der Waals surface area contributed by atoms with E-state index in [0.717, 1.165) is 28.6 Å². The maximum absolute atomic E-state index is 12.8. The predicted molar refractivity (Wildman–Crippen MR) is 101 cm³/mol. The van der Waals surface area contributed by atoms with Gasteiger partial charge in [0.05, 0.1) is 12.7 Å². The molecule has 0 bridgehead atoms. The lowest BCUT2D eigenvalue weighted by Gasteiger charge is -2.33. The summed E-state index contributed by atoms with van der Waals surface area (Å²) in [7, 11) is 1.58. The number of rotatable bonds is 4. The number of carboxylic acids is 1. The molecule has 1 unspecified atom stereocenters. The number of nitrogens with zero attached hydrogens (tertiary/aromatic N) is 1. The summed E-state index contributed by atoms with van der Waals surface area (Å²) in [5.41, 5.74) is 2.29. The summed E-state index contributed by atoms with van der Waals surface area (Å²) in [6, 6.07) is 9.48. The number of carboxylic acid groups (broad SMARTS) is 1. The van der Waals surface area contributed by atoms with Gasteiger partial charge in [-0.15, -0.1) is 0 Å². The minimum absolute atomic E-state index is 0.243. The number of methoxy groups -OCH3 is 1. The highest BCUT2D eigenvalue weighted by Crippen LogP contribution is 2.37. The van der Waals surface area contributed by atoms with E-state index in [2.05, 4.69) is 4.98 Å². The summed E-state index contributed by atoms with van der Waals surface area (Å²) in [5, 5.41) is 10.8. The Kier molecular flexibility index (Phi) is 4.74. The molecule has 0 saturated carbocycles. The minimum Gasteiger partial charge on any atom is -0.497 e. The highest BCUT2D eigenvalue weighted by Gasteiger charge is 2.36. The molecule has 0 spiro atoms. The zero-order valence-electron chi connectivity index (χ0n) is 15.6. The Bertz CT molecular complexity index is 1060. The summed E-state index contributed by atoms with van der Waals surface area (Å²) >= 11 is 0. The van der Waals surface area contributed by atoms with Gasteiger partial charge in [0.1, 0.15) is 11.8 Å². The van der Waals surface area contributed by atoms with Crippen LogP contribution in [0.15, 0.2) is 42.5 Å². The van der Waals surface area contributed by atoms with Crippen LogP contribution in [-0.2, 0) is 23.9 Å². The average molecular weight is 404 g/mol. The first-order valence-corrected chi connectivity index (χ1v) is 9.09. The molecule has 1 aliphatic heterocycles. The second-order valence-electron chi connectivity index (χ2n) is 7.08. The average Bonchev–Trinajstić information content (AvgIpc) is 3.04. The fourth-order valence-corrected chi connectivity index (χ4v) is 3.93. The van der Waals surface area contributed by atoms with Gasteiger partial charge in [-0.05, 0) is 47.9 Å². The van der Waals surface area contributed by atoms with Crippen molar-refractivity contribution in [3.8, 4) is 5.75 Å². The first-order valence-electron chi connectivity index (χ1n) is 9.09. The third kappa shape index (κ3) is 3.55. The zero-order valence-corrected chi connectivity index (χ0v) is 15.6. The minimum atomic E-state index is -4.40. The van der Waals surface area contributed by atoms with Crippen LogP contribution in [0.4, 0.5) is 13.2 Å². The molecule has 8 heteroatoms. The number of aromatic amines is 1. The molecule has 5 nitrogen and oxygen atoms in total. The van der Waals surface area contributed by atoms with Gasteiger partial charge in [0, 0.05) is 29.7 Å². The van der Waals surface area contributed by atoms with Crippen molar-refractivity contribution in [1.82, 2.24) is 9.88 Å². The van der Waals surface area contributed by atoms with Crippen LogP contribution in [0, 0.1) is 0 Å². The molecule has 0 fully saturated rings. The van der Waals surface area contributed by atoms with Crippen LogP contribution in [0.1, 0.15) is 28.4 Å². The van der Waals surface area contributed by atoms with Gasteiger partial charge in [0.15, 0.2) is 0 Å². The Morgan fingerprint density at radius 1 is 1.24 bits per heavy atom. The van der Waals surface area contributed by atoms with Crippen LogP contribution in [0.25, 0.3) is 10.9 Å². The van der Waals surface area contributed by atoms with Crippen LogP contribution in [-0.4, -0.2) is 34.6 Å². The molecule has 2 heterocycles. The Labute approximate surface area is 164 Å². The molecule has 0 aliphatic carbocycles. The number of benzene rings is 2. The van der Waals surface area contributed by atoms with Crippen molar-refractivity contribution in [2.75, 3.05) is 13.7 Å². The van der Waals surface area contributed by atoms with E-state index in [1.807, 2.05) is 12.1 Å². The summed E-state index contributed by atoms with van der Waals surface area (Å²) in [6.07, 6.45) is -3.76. The number of aliphatic carboxylic acids is 1. The molecule has 152 valence electrons. The molecule has 0 radical (unpaired) electrons. The molecule has 1 aliphatic rings. The van der Waals surface area contributed by atoms with Gasteiger partial charge in [0.25, 0.3) is 0 Å². The van der Waals surface area contributed by atoms with E-state index in [1.54, 1.807) is 18.1 Å². The normalized spacial score (nSPS) is 17.3. The van der Waals surface area contributed by atoms with Crippen LogP contribution in [0.3, 0.4) is 0 Å². The maximum atomic E-state index is 12.8. The lowest BCUT2D eigenvalue weighted by molar-refractivity contribution is -0.144. The van der Waals surface area contributed by atoms with Crippen molar-refractivity contribution in [2.45, 2.75) is 25.2 Å². The number of aromatic nitrogens is 1. The summed E-state index contributed by atoms with van der Waals surface area (Å²) in [4.78, 5) is 17.0. The lowest BCUT2D eigenvalue weighted by atomic mass is 9.96. The largest absolute Gasteiger partial charge is 0.497 e. The van der Waals surface area contributed by atoms with Gasteiger partial charge in [-0.2, -0.15) is 13.2 Å². The number of halogens is 3. The van der Waals surface area contributed by atoms with E-state index in [9.17, 15) is 23.1 Å². The molecule has 2 aromatic carbocycles. The third-order valence-electron chi connectivity index (χ3n) is 5.33. The van der Waals surface area contributed by atoms with Crippen molar-refractivity contribution in [3.05, 3.63) is 64.8 Å². The van der Waals surface area contributed by atoms with Crippen LogP contribution in [0.5, 0.6) is 5.75 Å². The molecular formula is C21H19F3N2O3. The fourth-order valence-electron chi connectivity index (χ4n) is 3.93. The van der Waals surface area contributed by atoms with Gasteiger partial charge < -0.3 is 14.8 Å². The van der Waals surface area contributed by atoms with Crippen molar-refractivity contribution < 1.29 is 27.8 Å². The molecule has 3 aromatic rings. The highest BCUT2D eigenvalue weighted by atomic mass is 19.4. The molecule has 2 N–H and O–H groups in total. The number of alkyl halides is 3. The topological polar surface area (TPSA) is 65.6 Å². The van der Waals surface area contributed by atoms with Gasteiger partial charge in [-0.3, -0.25) is 9.69 Å². The van der Waals surface area contributed by atoms with Gasteiger partial charge in [-0.25, -0.2) is 0 Å². The molecule has 0 saturated heterocycles. The predicted octanol–water partition coefficient (Wildman–Crippen LogP) is 4.38. The number of fused-ring (bicyclic) bond motifs is 3. The Morgan fingerprint density at radius 3 is 2.59 bits per heavy atom. The monoisotopic (exact) mass is 404 g/mol. The van der Waals surface area contributed by atoms with E-state index in [4.69, 9.17) is 4.74 Å². The maximum Gasteiger partial charge on any atom is 0.416 e. The quantitative estimate of drug-likeness (QED) is 0.677. The number of carbonyl (C=O) groups is 1. The summed E-state index contributed by atoms with van der Waals surface area (Å²) in [5.74, 6) is -0.310. The number of H-pyrrole nitrogens is 1. The van der Waals surface area contributed by atoms with E-state index in [-0.39, 0.29) is 6.54 Å². The molecule has 0 amide bonds. The number of nitrogens with one attached hydrogen (secondary N) is 1. The fraction of sp³-hybridized carbons (Fsp3) is 0.286. The van der Waals surface area contributed by atoms with E-state index in [1.165, 1.54) is 12.1 Å². The second-order valence-corrected chi connectivity index (χ2v) is 7.08. The van der Waals surface area contributed by atoms with E-state index < -0.39 is 23.8 Å². The molecule has 1 aromatic heterocycles. The standard InChI is InChI=1S/C21H19F3N2O3/c1-29-14-6-7-17-16(10-14)15-8-9-26(19(20(27)28)18(15)25-17)11-12-2-4-13(5-3-12)21(22,23)24/h2-7,10,19,25H,8-9,11H2,1H3,(H,27,28). The van der Waals surface area contributed by atoms with Gasteiger partial charge in [0.2, 0.25) is 0 Å². The van der Waals surface area contributed by atoms with Crippen molar-refractivity contribution in [2.24, 2.45) is 0 Å². The van der Waals surface area contributed by atoms with Crippen molar-refractivity contribution >= 4 is 16.9 Å². The number of hydrogen-bond donors (Lipinski definition) is 2. The smallest absolute Gasteiger partial charge is 0.416 e. The van der Waals surface area contributed by atoms with Crippen LogP contribution >= 0.6 is 0 Å². The highest BCUT2D eigenvalue weighted by molar-refractivity contribution is 5.89. The second kappa shape index (κ2) is 7.11. The van der Waals surface area contributed by atoms with Crippen LogP contribution in [0.2, 0.25) is 0 Å². The molecule has 4 rings (SSSR count). The first-order chi connectivity index (χ1) is 13.8. The Morgan fingerprint density at radius 2 is 1.97 bits per heavy atom. The number of hydrogen-bond acceptors (Lipinski definition) is 3. The number of ether oxygens (including phenoxy) is 1. The van der Waals surface area contributed by atoms with Crippen molar-refractivity contribution in [1.29, 1.82) is 0 Å². The Balaban J connectivity index is 1.66. The molecule has 1 atom stereocenters. The van der Waals surface area contributed by atoms with E-state index >= 15 is 0 Å². The summed E-state index contributed by atoms with van der Waals surface area (Å²) in [6.45, 7) is 0.725. The Hall–Kier alpha value is -3.00.